The highest BCUT2D eigenvalue weighted by molar-refractivity contribution is 6.00. The molecule has 0 saturated carbocycles. The van der Waals surface area contributed by atoms with Crippen LogP contribution in [0.1, 0.15) is 29.0 Å². The SMILES string of the molecule is CN1CCC(Nc2ncc3oc(C#N)cc3c2C=O)CC1. The summed E-state index contributed by atoms with van der Waals surface area (Å²) in [5, 5.41) is 12.9. The highest BCUT2D eigenvalue weighted by Crippen LogP contribution is 2.27. The largest absolute Gasteiger partial charge is 0.444 e. The quantitative estimate of drug-likeness (QED) is 0.868. The average Bonchev–Trinajstić information content (AvgIpc) is 2.92. The van der Waals surface area contributed by atoms with E-state index in [0.717, 1.165) is 32.2 Å². The second-order valence-corrected chi connectivity index (χ2v) is 5.36. The first-order valence-corrected chi connectivity index (χ1v) is 6.94. The number of aldehydes is 1. The maximum Gasteiger partial charge on any atom is 0.204 e. The highest BCUT2D eigenvalue weighted by atomic mass is 16.3. The normalized spacial score (nSPS) is 16.8. The monoisotopic (exact) mass is 284 g/mol. The second-order valence-electron chi connectivity index (χ2n) is 5.36. The lowest BCUT2D eigenvalue weighted by Gasteiger charge is -2.30. The molecule has 1 N–H and O–H groups in total. The molecule has 108 valence electrons. The number of carbonyl (C=O) groups excluding carboxylic acids is 1. The molecular formula is C15H16N4O2. The maximum absolute atomic E-state index is 11.4. The van der Waals surface area contributed by atoms with Crippen LogP contribution in [0, 0.1) is 11.3 Å². The van der Waals surface area contributed by atoms with E-state index in [1.807, 2.05) is 6.07 Å². The van der Waals surface area contributed by atoms with Crippen molar-refractivity contribution < 1.29 is 9.21 Å². The number of pyridine rings is 1. The van der Waals surface area contributed by atoms with E-state index in [0.29, 0.717) is 28.4 Å². The topological polar surface area (TPSA) is 82.2 Å². The zero-order chi connectivity index (χ0) is 14.8. The molecule has 0 amide bonds. The lowest BCUT2D eigenvalue weighted by molar-refractivity contribution is 0.112. The first-order chi connectivity index (χ1) is 10.2. The Bertz CT molecular complexity index is 708. The standard InChI is InChI=1S/C15H16N4O2/c1-19-4-2-10(3-5-19)18-15-13(9-20)12-6-11(7-16)21-14(12)8-17-15/h6,8-10H,2-5H2,1H3,(H,17,18). The minimum atomic E-state index is 0.186. The van der Waals surface area contributed by atoms with E-state index in [-0.39, 0.29) is 5.76 Å². The molecule has 21 heavy (non-hydrogen) atoms. The summed E-state index contributed by atoms with van der Waals surface area (Å²) in [5.74, 6) is 0.753. The number of rotatable bonds is 3. The van der Waals surface area contributed by atoms with Gasteiger partial charge in [0.2, 0.25) is 5.76 Å². The van der Waals surface area contributed by atoms with Crippen molar-refractivity contribution in [3.8, 4) is 6.07 Å². The lowest BCUT2D eigenvalue weighted by atomic mass is 10.0. The Morgan fingerprint density at radius 2 is 2.29 bits per heavy atom. The first kappa shape index (κ1) is 13.6. The molecule has 3 rings (SSSR count). The van der Waals surface area contributed by atoms with E-state index >= 15 is 0 Å². The van der Waals surface area contributed by atoms with Gasteiger partial charge in [0.15, 0.2) is 11.9 Å². The summed E-state index contributed by atoms with van der Waals surface area (Å²) < 4.78 is 5.30. The molecule has 0 spiro atoms. The summed E-state index contributed by atoms with van der Waals surface area (Å²) in [6, 6.07) is 3.83. The van der Waals surface area contributed by atoms with Gasteiger partial charge in [0.25, 0.3) is 0 Å². The molecule has 1 aliphatic heterocycles. The zero-order valence-corrected chi connectivity index (χ0v) is 11.8. The predicted octanol–water partition coefficient (Wildman–Crippen LogP) is 2.02. The van der Waals surface area contributed by atoms with Crippen molar-refractivity contribution in [2.24, 2.45) is 0 Å². The van der Waals surface area contributed by atoms with Gasteiger partial charge in [0.05, 0.1) is 11.8 Å². The van der Waals surface area contributed by atoms with Crippen LogP contribution in [0.15, 0.2) is 16.7 Å². The number of nitrogens with zero attached hydrogens (tertiary/aromatic N) is 3. The molecule has 1 aliphatic rings. The van der Waals surface area contributed by atoms with Crippen molar-refractivity contribution in [3.63, 3.8) is 0 Å². The molecule has 6 nitrogen and oxygen atoms in total. The van der Waals surface area contributed by atoms with Crippen LogP contribution in [0.4, 0.5) is 5.82 Å². The minimum Gasteiger partial charge on any atom is -0.444 e. The van der Waals surface area contributed by atoms with Crippen LogP contribution in [-0.4, -0.2) is 42.3 Å². The summed E-state index contributed by atoms with van der Waals surface area (Å²) in [5.41, 5.74) is 0.916. The van der Waals surface area contributed by atoms with E-state index in [1.54, 1.807) is 12.3 Å². The van der Waals surface area contributed by atoms with Gasteiger partial charge in [-0.2, -0.15) is 5.26 Å². The van der Waals surface area contributed by atoms with Crippen LogP contribution >= 0.6 is 0 Å². The van der Waals surface area contributed by atoms with Crippen LogP contribution in [0.25, 0.3) is 11.0 Å². The number of nitrogens with one attached hydrogen (secondary N) is 1. The molecule has 0 aromatic carbocycles. The van der Waals surface area contributed by atoms with Crippen LogP contribution in [-0.2, 0) is 0 Å². The lowest BCUT2D eigenvalue weighted by Crippen LogP contribution is -2.37. The van der Waals surface area contributed by atoms with Gasteiger partial charge in [0.1, 0.15) is 11.9 Å². The van der Waals surface area contributed by atoms with Gasteiger partial charge in [-0.1, -0.05) is 0 Å². The van der Waals surface area contributed by atoms with Gasteiger partial charge >= 0.3 is 0 Å². The van der Waals surface area contributed by atoms with Crippen LogP contribution in [0.2, 0.25) is 0 Å². The molecule has 6 heteroatoms. The number of fused-ring (bicyclic) bond motifs is 1. The summed E-state index contributed by atoms with van der Waals surface area (Å²) in [6.07, 6.45) is 4.36. The van der Waals surface area contributed by atoms with Gasteiger partial charge in [-0.15, -0.1) is 0 Å². The van der Waals surface area contributed by atoms with Crippen molar-refractivity contribution in [3.05, 3.63) is 23.6 Å². The fraction of sp³-hybridized carbons (Fsp3) is 0.400. The summed E-state index contributed by atoms with van der Waals surface area (Å²) >= 11 is 0. The molecule has 0 aliphatic carbocycles. The second kappa shape index (κ2) is 5.54. The van der Waals surface area contributed by atoms with Gasteiger partial charge in [-0.05, 0) is 33.0 Å². The number of piperidine rings is 1. The molecule has 0 unspecified atom stereocenters. The molecule has 2 aromatic rings. The maximum atomic E-state index is 11.4. The average molecular weight is 284 g/mol. The van der Waals surface area contributed by atoms with Crippen molar-refractivity contribution in [1.82, 2.24) is 9.88 Å². The van der Waals surface area contributed by atoms with Crippen LogP contribution in [0.5, 0.6) is 0 Å². The van der Waals surface area contributed by atoms with Crippen molar-refractivity contribution >= 4 is 23.1 Å². The molecule has 1 saturated heterocycles. The molecule has 3 heterocycles. The number of furan rings is 1. The van der Waals surface area contributed by atoms with E-state index in [1.165, 1.54) is 0 Å². The van der Waals surface area contributed by atoms with Crippen LogP contribution < -0.4 is 5.32 Å². The van der Waals surface area contributed by atoms with Gasteiger partial charge in [0, 0.05) is 17.5 Å². The Kier molecular flexibility index (Phi) is 3.59. The van der Waals surface area contributed by atoms with E-state index in [4.69, 9.17) is 9.68 Å². The number of nitriles is 1. The third kappa shape index (κ3) is 2.60. The number of hydrogen-bond acceptors (Lipinski definition) is 6. The summed E-state index contributed by atoms with van der Waals surface area (Å²) in [7, 11) is 2.10. The van der Waals surface area contributed by atoms with Crippen molar-refractivity contribution in [1.29, 1.82) is 5.26 Å². The zero-order valence-electron chi connectivity index (χ0n) is 11.8. The summed E-state index contributed by atoms with van der Waals surface area (Å²) in [6.45, 7) is 2.06. The van der Waals surface area contributed by atoms with E-state index in [2.05, 4.69) is 22.2 Å². The Morgan fingerprint density at radius 3 is 2.95 bits per heavy atom. The fourth-order valence-electron chi connectivity index (χ4n) is 2.67. The number of anilines is 1. The number of hydrogen-bond donors (Lipinski definition) is 1. The van der Waals surface area contributed by atoms with Gasteiger partial charge in [-0.25, -0.2) is 4.98 Å². The van der Waals surface area contributed by atoms with Crippen molar-refractivity contribution in [2.45, 2.75) is 18.9 Å². The first-order valence-electron chi connectivity index (χ1n) is 6.94. The number of likely N-dealkylation sites (tertiary alicyclic amines) is 1. The molecule has 2 aromatic heterocycles. The molecule has 1 fully saturated rings. The minimum absolute atomic E-state index is 0.186. The van der Waals surface area contributed by atoms with Gasteiger partial charge in [-0.3, -0.25) is 4.79 Å². The highest BCUT2D eigenvalue weighted by Gasteiger charge is 2.19. The number of carbonyl (C=O) groups is 1. The third-order valence-corrected chi connectivity index (χ3v) is 3.90. The molecule has 0 radical (unpaired) electrons. The molecule has 0 bridgehead atoms. The van der Waals surface area contributed by atoms with Crippen molar-refractivity contribution in [2.75, 3.05) is 25.5 Å². The Labute approximate surface area is 122 Å². The van der Waals surface area contributed by atoms with E-state index in [9.17, 15) is 4.79 Å². The summed E-state index contributed by atoms with van der Waals surface area (Å²) in [4.78, 5) is 18.0. The smallest absolute Gasteiger partial charge is 0.204 e. The third-order valence-electron chi connectivity index (χ3n) is 3.90. The number of aromatic nitrogens is 1. The Hall–Kier alpha value is -2.39. The fourth-order valence-corrected chi connectivity index (χ4v) is 2.67. The Balaban J connectivity index is 1.91. The molecule has 0 atom stereocenters. The van der Waals surface area contributed by atoms with Crippen LogP contribution in [0.3, 0.4) is 0 Å². The molecular weight excluding hydrogens is 268 g/mol. The van der Waals surface area contributed by atoms with Gasteiger partial charge < -0.3 is 14.6 Å². The van der Waals surface area contributed by atoms with E-state index < -0.39 is 0 Å². The predicted molar refractivity (Wildman–Crippen MR) is 78.3 cm³/mol. The Morgan fingerprint density at radius 1 is 1.52 bits per heavy atom.